The first-order valence-corrected chi connectivity index (χ1v) is 2.93. The van der Waals surface area contributed by atoms with Crippen molar-refractivity contribution in [3.05, 3.63) is 25.2 Å². The SMILES string of the molecule is C=COC(=C)CCNC=O. The van der Waals surface area contributed by atoms with E-state index < -0.39 is 0 Å². The summed E-state index contributed by atoms with van der Waals surface area (Å²) in [7, 11) is 0. The van der Waals surface area contributed by atoms with Crippen LogP contribution in [0.2, 0.25) is 0 Å². The predicted octanol–water partition coefficient (Wildman–Crippen LogP) is 0.796. The third kappa shape index (κ3) is 4.90. The lowest BCUT2D eigenvalue weighted by atomic mass is 10.4. The molecule has 0 aliphatic heterocycles. The van der Waals surface area contributed by atoms with Gasteiger partial charge in [0.2, 0.25) is 6.41 Å². The molecule has 1 amide bonds. The van der Waals surface area contributed by atoms with Gasteiger partial charge in [0.05, 0.1) is 12.0 Å². The molecule has 56 valence electrons. The molecule has 1 N–H and O–H groups in total. The van der Waals surface area contributed by atoms with E-state index in [4.69, 9.17) is 4.74 Å². The second-order valence-electron chi connectivity index (χ2n) is 1.65. The molecule has 3 heteroatoms. The minimum atomic E-state index is 0.552. The first-order valence-electron chi connectivity index (χ1n) is 2.93. The Hall–Kier alpha value is -1.25. The molecule has 0 atom stereocenters. The first-order chi connectivity index (χ1) is 4.81. The van der Waals surface area contributed by atoms with Gasteiger partial charge in [-0.25, -0.2) is 0 Å². The molecule has 0 aliphatic rings. The van der Waals surface area contributed by atoms with Gasteiger partial charge in [0, 0.05) is 13.0 Å². The van der Waals surface area contributed by atoms with Gasteiger partial charge in [0.15, 0.2) is 0 Å². The molecule has 0 fully saturated rings. The summed E-state index contributed by atoms with van der Waals surface area (Å²) in [4.78, 5) is 9.74. The highest BCUT2D eigenvalue weighted by molar-refractivity contribution is 5.45. The second kappa shape index (κ2) is 5.88. The van der Waals surface area contributed by atoms with Crippen LogP contribution in [0.25, 0.3) is 0 Å². The molecule has 0 bridgehead atoms. The van der Waals surface area contributed by atoms with E-state index in [2.05, 4.69) is 18.5 Å². The Labute approximate surface area is 60.4 Å². The molecule has 3 nitrogen and oxygen atoms in total. The van der Waals surface area contributed by atoms with Gasteiger partial charge in [-0.15, -0.1) is 0 Å². The molecule has 10 heavy (non-hydrogen) atoms. The van der Waals surface area contributed by atoms with Crippen LogP contribution in [0.5, 0.6) is 0 Å². The molecule has 0 aromatic carbocycles. The lowest BCUT2D eigenvalue weighted by Gasteiger charge is -2.01. The summed E-state index contributed by atoms with van der Waals surface area (Å²) in [5, 5.41) is 2.48. The van der Waals surface area contributed by atoms with Crippen molar-refractivity contribution in [2.45, 2.75) is 6.42 Å². The van der Waals surface area contributed by atoms with E-state index >= 15 is 0 Å². The lowest BCUT2D eigenvalue weighted by Crippen LogP contribution is -2.12. The van der Waals surface area contributed by atoms with Crippen molar-refractivity contribution < 1.29 is 9.53 Å². The highest BCUT2D eigenvalue weighted by atomic mass is 16.5. The number of carbonyl (C=O) groups excluding carboxylic acids is 1. The van der Waals surface area contributed by atoms with E-state index in [-0.39, 0.29) is 0 Å². The number of nitrogens with one attached hydrogen (secondary N) is 1. The molecule has 0 aliphatic carbocycles. The van der Waals surface area contributed by atoms with Crippen molar-refractivity contribution >= 4 is 6.41 Å². The van der Waals surface area contributed by atoms with Gasteiger partial charge in [-0.05, 0) is 0 Å². The zero-order valence-corrected chi connectivity index (χ0v) is 5.80. The fourth-order valence-corrected chi connectivity index (χ4v) is 0.447. The minimum Gasteiger partial charge on any atom is -0.471 e. The smallest absolute Gasteiger partial charge is 0.207 e. The number of rotatable bonds is 6. The Morgan fingerprint density at radius 1 is 1.70 bits per heavy atom. The molecule has 0 spiro atoms. The molecule has 0 saturated carbocycles. The summed E-state index contributed by atoms with van der Waals surface area (Å²) in [5.74, 6) is 0.601. The third-order valence-corrected chi connectivity index (χ3v) is 0.882. The van der Waals surface area contributed by atoms with E-state index in [1.165, 1.54) is 6.26 Å². The van der Waals surface area contributed by atoms with Gasteiger partial charge < -0.3 is 10.1 Å². The largest absolute Gasteiger partial charge is 0.471 e. The maximum Gasteiger partial charge on any atom is 0.207 e. The highest BCUT2D eigenvalue weighted by Gasteiger charge is 1.89. The molecule has 0 radical (unpaired) electrons. The van der Waals surface area contributed by atoms with Crippen LogP contribution < -0.4 is 5.32 Å². The van der Waals surface area contributed by atoms with Crippen molar-refractivity contribution in [1.82, 2.24) is 5.32 Å². The standard InChI is InChI=1S/C7H11NO2/c1-3-10-7(2)4-5-8-6-9/h3,6H,1-2,4-5H2,(H,8,9). The topological polar surface area (TPSA) is 38.3 Å². The third-order valence-electron chi connectivity index (χ3n) is 0.882. The summed E-state index contributed by atoms with van der Waals surface area (Å²) < 4.78 is 4.80. The Kier molecular flexibility index (Phi) is 5.14. The van der Waals surface area contributed by atoms with E-state index in [1.54, 1.807) is 0 Å². The van der Waals surface area contributed by atoms with E-state index in [0.717, 1.165) is 0 Å². The molecule has 0 saturated heterocycles. The van der Waals surface area contributed by atoms with Crippen LogP contribution in [0.3, 0.4) is 0 Å². The summed E-state index contributed by atoms with van der Waals surface area (Å²) in [6.07, 6.45) is 2.56. The molecule has 0 heterocycles. The summed E-state index contributed by atoms with van der Waals surface area (Å²) >= 11 is 0. The Morgan fingerprint density at radius 3 is 2.90 bits per heavy atom. The van der Waals surface area contributed by atoms with Crippen LogP contribution in [0.1, 0.15) is 6.42 Å². The number of carbonyl (C=O) groups is 1. The zero-order valence-electron chi connectivity index (χ0n) is 5.80. The summed E-state index contributed by atoms with van der Waals surface area (Å²) in [6.45, 7) is 7.47. The molecule has 0 aromatic heterocycles. The minimum absolute atomic E-state index is 0.552. The maximum atomic E-state index is 9.74. The zero-order chi connectivity index (χ0) is 7.82. The average Bonchev–Trinajstić information content (AvgIpc) is 1.89. The summed E-state index contributed by atoms with van der Waals surface area (Å²) in [6, 6.07) is 0. The normalized spacial score (nSPS) is 8.00. The van der Waals surface area contributed by atoms with Gasteiger partial charge in [0.25, 0.3) is 0 Å². The molecular formula is C7H11NO2. The van der Waals surface area contributed by atoms with Crippen LogP contribution in [-0.2, 0) is 9.53 Å². The van der Waals surface area contributed by atoms with Gasteiger partial charge in [-0.2, -0.15) is 0 Å². The van der Waals surface area contributed by atoms with E-state index in [9.17, 15) is 4.79 Å². The molecule has 0 aromatic rings. The van der Waals surface area contributed by atoms with Crippen molar-refractivity contribution in [3.63, 3.8) is 0 Å². The number of amides is 1. The van der Waals surface area contributed by atoms with Crippen LogP contribution in [0, 0.1) is 0 Å². The van der Waals surface area contributed by atoms with Crippen LogP contribution in [0.15, 0.2) is 25.2 Å². The fraction of sp³-hybridized carbons (Fsp3) is 0.286. The first kappa shape index (κ1) is 8.75. The number of hydrogen-bond donors (Lipinski definition) is 1. The quantitative estimate of drug-likeness (QED) is 0.337. The van der Waals surface area contributed by atoms with Crippen molar-refractivity contribution in [1.29, 1.82) is 0 Å². The van der Waals surface area contributed by atoms with Gasteiger partial charge in [-0.3, -0.25) is 4.79 Å². The van der Waals surface area contributed by atoms with Crippen molar-refractivity contribution in [2.24, 2.45) is 0 Å². The average molecular weight is 141 g/mol. The van der Waals surface area contributed by atoms with E-state index in [0.29, 0.717) is 25.1 Å². The number of hydrogen-bond acceptors (Lipinski definition) is 2. The van der Waals surface area contributed by atoms with Crippen molar-refractivity contribution in [2.75, 3.05) is 6.54 Å². The Bertz CT molecular complexity index is 132. The maximum absolute atomic E-state index is 9.74. The lowest BCUT2D eigenvalue weighted by molar-refractivity contribution is -0.109. The van der Waals surface area contributed by atoms with Crippen LogP contribution >= 0.6 is 0 Å². The van der Waals surface area contributed by atoms with E-state index in [1.807, 2.05) is 0 Å². The van der Waals surface area contributed by atoms with Crippen LogP contribution in [0.4, 0.5) is 0 Å². The fourth-order valence-electron chi connectivity index (χ4n) is 0.447. The predicted molar refractivity (Wildman–Crippen MR) is 39.1 cm³/mol. The van der Waals surface area contributed by atoms with Crippen LogP contribution in [-0.4, -0.2) is 13.0 Å². The van der Waals surface area contributed by atoms with Crippen molar-refractivity contribution in [3.8, 4) is 0 Å². The monoisotopic (exact) mass is 141 g/mol. The Balaban J connectivity index is 3.20. The van der Waals surface area contributed by atoms with Gasteiger partial charge >= 0.3 is 0 Å². The van der Waals surface area contributed by atoms with Gasteiger partial charge in [0.1, 0.15) is 0 Å². The Morgan fingerprint density at radius 2 is 2.40 bits per heavy atom. The molecule has 0 unspecified atom stereocenters. The summed E-state index contributed by atoms with van der Waals surface area (Å²) in [5.41, 5.74) is 0. The van der Waals surface area contributed by atoms with Gasteiger partial charge in [-0.1, -0.05) is 13.2 Å². The molecular weight excluding hydrogens is 130 g/mol. The second-order valence-corrected chi connectivity index (χ2v) is 1.65. The highest BCUT2D eigenvalue weighted by Crippen LogP contribution is 1.97. The molecule has 0 rings (SSSR count). The number of ether oxygens (including phenoxy) is 1.